The molecule has 0 aromatic carbocycles. The summed E-state index contributed by atoms with van der Waals surface area (Å²) in [6.45, 7) is 5.53. The minimum atomic E-state index is 0.601. The highest BCUT2D eigenvalue weighted by Gasteiger charge is 2.02. The zero-order valence-electron chi connectivity index (χ0n) is 5.57. The molecule has 0 bridgehead atoms. The van der Waals surface area contributed by atoms with Crippen LogP contribution in [-0.4, -0.2) is 12.6 Å². The Hall–Kier alpha value is -0.300. The molecule has 8 heavy (non-hydrogen) atoms. The van der Waals surface area contributed by atoms with E-state index in [4.69, 9.17) is 0 Å². The van der Waals surface area contributed by atoms with Gasteiger partial charge in [-0.2, -0.15) is 0 Å². The Bertz CT molecular complexity index is 105. The molecule has 0 radical (unpaired) electrons. The van der Waals surface area contributed by atoms with Gasteiger partial charge < -0.3 is 5.32 Å². The van der Waals surface area contributed by atoms with Gasteiger partial charge in [0, 0.05) is 6.04 Å². The first-order valence-corrected chi connectivity index (χ1v) is 3.20. The third-order valence-electron chi connectivity index (χ3n) is 1.52. The van der Waals surface area contributed by atoms with Gasteiger partial charge in [0.25, 0.3) is 0 Å². The zero-order valence-corrected chi connectivity index (χ0v) is 5.57. The summed E-state index contributed by atoms with van der Waals surface area (Å²) in [6.07, 6.45) is 3.51. The van der Waals surface area contributed by atoms with E-state index in [0.717, 1.165) is 6.54 Å². The lowest BCUT2D eigenvalue weighted by atomic mass is 10.1. The van der Waals surface area contributed by atoms with E-state index in [1.54, 1.807) is 0 Å². The Kier molecular flexibility index (Phi) is 1.69. The molecule has 1 aliphatic heterocycles. The first kappa shape index (κ1) is 5.83. The van der Waals surface area contributed by atoms with Gasteiger partial charge in [0.2, 0.25) is 0 Å². The van der Waals surface area contributed by atoms with Crippen LogP contribution in [0.1, 0.15) is 20.3 Å². The van der Waals surface area contributed by atoms with Crippen molar-refractivity contribution in [3.63, 3.8) is 0 Å². The van der Waals surface area contributed by atoms with Crippen molar-refractivity contribution in [3.05, 3.63) is 11.6 Å². The fourth-order valence-electron chi connectivity index (χ4n) is 1.07. The zero-order chi connectivity index (χ0) is 5.98. The van der Waals surface area contributed by atoms with Gasteiger partial charge in [0.15, 0.2) is 0 Å². The fraction of sp³-hybridized carbons (Fsp3) is 0.714. The first-order chi connectivity index (χ1) is 3.79. The van der Waals surface area contributed by atoms with Crippen LogP contribution in [0.2, 0.25) is 0 Å². The summed E-state index contributed by atoms with van der Waals surface area (Å²) in [4.78, 5) is 0. The smallest absolute Gasteiger partial charge is 0.0224 e. The molecule has 1 unspecified atom stereocenters. The Morgan fingerprint density at radius 3 is 2.88 bits per heavy atom. The van der Waals surface area contributed by atoms with E-state index in [2.05, 4.69) is 25.2 Å². The summed E-state index contributed by atoms with van der Waals surface area (Å²) in [7, 11) is 0. The maximum atomic E-state index is 3.34. The van der Waals surface area contributed by atoms with Crippen LogP contribution in [-0.2, 0) is 0 Å². The lowest BCUT2D eigenvalue weighted by Gasteiger charge is -2.16. The highest BCUT2D eigenvalue weighted by Crippen LogP contribution is 2.05. The van der Waals surface area contributed by atoms with E-state index < -0.39 is 0 Å². The van der Waals surface area contributed by atoms with Crippen LogP contribution >= 0.6 is 0 Å². The van der Waals surface area contributed by atoms with E-state index in [1.165, 1.54) is 12.0 Å². The number of nitrogens with one attached hydrogen (secondary N) is 1. The molecule has 0 spiro atoms. The van der Waals surface area contributed by atoms with Crippen molar-refractivity contribution in [2.24, 2.45) is 0 Å². The molecule has 1 atom stereocenters. The molecule has 1 aliphatic rings. The molecular weight excluding hydrogens is 98.1 g/mol. The van der Waals surface area contributed by atoms with Crippen molar-refractivity contribution in [2.45, 2.75) is 26.3 Å². The normalized spacial score (nSPS) is 29.8. The maximum Gasteiger partial charge on any atom is 0.0224 e. The molecule has 1 heterocycles. The van der Waals surface area contributed by atoms with E-state index in [0.29, 0.717) is 6.04 Å². The Labute approximate surface area is 50.8 Å². The van der Waals surface area contributed by atoms with Gasteiger partial charge in [-0.3, -0.25) is 0 Å². The van der Waals surface area contributed by atoms with Crippen LogP contribution in [0.5, 0.6) is 0 Å². The number of hydrogen-bond acceptors (Lipinski definition) is 1. The molecular formula is C7H13N. The largest absolute Gasteiger partial charge is 0.310 e. The third kappa shape index (κ3) is 1.34. The summed E-state index contributed by atoms with van der Waals surface area (Å²) in [6, 6.07) is 0.601. The van der Waals surface area contributed by atoms with Crippen molar-refractivity contribution in [2.75, 3.05) is 6.54 Å². The standard InChI is InChI=1S/C7H13N/c1-6-3-4-8-7(2)5-6/h5,7-8H,3-4H2,1-2H3. The Morgan fingerprint density at radius 2 is 2.50 bits per heavy atom. The Morgan fingerprint density at radius 1 is 1.75 bits per heavy atom. The average molecular weight is 111 g/mol. The van der Waals surface area contributed by atoms with Crippen molar-refractivity contribution in [1.82, 2.24) is 5.32 Å². The van der Waals surface area contributed by atoms with Gasteiger partial charge in [0.1, 0.15) is 0 Å². The lowest BCUT2D eigenvalue weighted by Crippen LogP contribution is -2.28. The minimum absolute atomic E-state index is 0.601. The third-order valence-corrected chi connectivity index (χ3v) is 1.52. The van der Waals surface area contributed by atoms with E-state index >= 15 is 0 Å². The molecule has 0 aromatic rings. The van der Waals surface area contributed by atoms with E-state index in [9.17, 15) is 0 Å². The van der Waals surface area contributed by atoms with Crippen LogP contribution < -0.4 is 5.32 Å². The van der Waals surface area contributed by atoms with Gasteiger partial charge in [-0.15, -0.1) is 0 Å². The first-order valence-electron chi connectivity index (χ1n) is 3.20. The molecule has 1 nitrogen and oxygen atoms in total. The molecule has 1 N–H and O–H groups in total. The van der Waals surface area contributed by atoms with Gasteiger partial charge in [-0.25, -0.2) is 0 Å². The second kappa shape index (κ2) is 2.31. The average Bonchev–Trinajstić information content (AvgIpc) is 1.64. The predicted octanol–water partition coefficient (Wildman–Crippen LogP) is 1.31. The van der Waals surface area contributed by atoms with Gasteiger partial charge >= 0.3 is 0 Å². The Balaban J connectivity index is 2.50. The maximum absolute atomic E-state index is 3.34. The molecule has 0 saturated carbocycles. The quantitative estimate of drug-likeness (QED) is 0.465. The minimum Gasteiger partial charge on any atom is -0.310 e. The van der Waals surface area contributed by atoms with Crippen LogP contribution in [0.4, 0.5) is 0 Å². The van der Waals surface area contributed by atoms with Crippen molar-refractivity contribution in [1.29, 1.82) is 0 Å². The molecule has 1 rings (SSSR count). The van der Waals surface area contributed by atoms with Crippen LogP contribution in [0.3, 0.4) is 0 Å². The van der Waals surface area contributed by atoms with E-state index in [-0.39, 0.29) is 0 Å². The molecule has 1 heteroatoms. The highest BCUT2D eigenvalue weighted by atomic mass is 14.9. The monoisotopic (exact) mass is 111 g/mol. The second-order valence-corrected chi connectivity index (χ2v) is 2.51. The molecule has 0 aliphatic carbocycles. The summed E-state index contributed by atoms with van der Waals surface area (Å²) < 4.78 is 0. The summed E-state index contributed by atoms with van der Waals surface area (Å²) in [5, 5.41) is 3.34. The SMILES string of the molecule is CC1=CC(C)NCC1. The van der Waals surface area contributed by atoms with Crippen LogP contribution in [0, 0.1) is 0 Å². The van der Waals surface area contributed by atoms with Crippen LogP contribution in [0.15, 0.2) is 11.6 Å². The number of hydrogen-bond donors (Lipinski definition) is 1. The molecule has 46 valence electrons. The van der Waals surface area contributed by atoms with Gasteiger partial charge in [-0.1, -0.05) is 11.6 Å². The van der Waals surface area contributed by atoms with Crippen molar-refractivity contribution >= 4 is 0 Å². The van der Waals surface area contributed by atoms with Crippen molar-refractivity contribution < 1.29 is 0 Å². The lowest BCUT2D eigenvalue weighted by molar-refractivity contribution is 0.597. The topological polar surface area (TPSA) is 12.0 Å². The highest BCUT2D eigenvalue weighted by molar-refractivity contribution is 5.06. The van der Waals surface area contributed by atoms with Crippen molar-refractivity contribution in [3.8, 4) is 0 Å². The molecule has 0 amide bonds. The summed E-state index contributed by atoms with van der Waals surface area (Å²) in [5.41, 5.74) is 1.52. The number of rotatable bonds is 0. The van der Waals surface area contributed by atoms with Gasteiger partial charge in [-0.05, 0) is 26.8 Å². The van der Waals surface area contributed by atoms with Gasteiger partial charge in [0.05, 0.1) is 0 Å². The second-order valence-electron chi connectivity index (χ2n) is 2.51. The molecule has 0 aromatic heterocycles. The predicted molar refractivity (Wildman–Crippen MR) is 35.8 cm³/mol. The summed E-state index contributed by atoms with van der Waals surface area (Å²) >= 11 is 0. The van der Waals surface area contributed by atoms with Crippen LogP contribution in [0.25, 0.3) is 0 Å². The van der Waals surface area contributed by atoms with E-state index in [1.807, 2.05) is 0 Å². The summed E-state index contributed by atoms with van der Waals surface area (Å²) in [5.74, 6) is 0. The molecule has 0 fully saturated rings. The fourth-order valence-corrected chi connectivity index (χ4v) is 1.07. The molecule has 0 saturated heterocycles.